The fourth-order valence-corrected chi connectivity index (χ4v) is 2.50. The van der Waals surface area contributed by atoms with E-state index < -0.39 is 41.2 Å². The molecule has 0 saturated heterocycles. The van der Waals surface area contributed by atoms with E-state index in [1.807, 2.05) is 0 Å². The highest BCUT2D eigenvalue weighted by atomic mass is 16.7. The second kappa shape index (κ2) is 14.0. The third kappa shape index (κ3) is 11.3. The van der Waals surface area contributed by atoms with Crippen molar-refractivity contribution in [3.05, 3.63) is 10.1 Å². The summed E-state index contributed by atoms with van der Waals surface area (Å²) >= 11 is 0. The van der Waals surface area contributed by atoms with Gasteiger partial charge in [-0.3, -0.25) is 14.6 Å². The number of carbonyl (C=O) groups excluding carboxylic acids is 3. The summed E-state index contributed by atoms with van der Waals surface area (Å²) in [7, 11) is 1.39. The van der Waals surface area contributed by atoms with Crippen molar-refractivity contribution in [2.75, 3.05) is 40.0 Å². The van der Waals surface area contributed by atoms with Gasteiger partial charge in [-0.05, 0) is 45.5 Å². The van der Waals surface area contributed by atoms with Gasteiger partial charge in [0.2, 0.25) is 0 Å². The summed E-state index contributed by atoms with van der Waals surface area (Å²) in [6.07, 6.45) is -1.34. The number of rotatable bonds is 13. The van der Waals surface area contributed by atoms with Crippen molar-refractivity contribution >= 4 is 23.9 Å². The molecule has 0 rings (SSSR count). The number of carbonyl (C=O) groups is 3. The number of hydrogen-bond donors (Lipinski definition) is 2. The lowest BCUT2D eigenvalue weighted by atomic mass is 10.1. The molecule has 0 aliphatic carbocycles. The van der Waals surface area contributed by atoms with Crippen LogP contribution in [-0.4, -0.2) is 90.5 Å². The maximum atomic E-state index is 13.3. The standard InChI is InChI=1S/C18H34N6O8/c1-6-31-14(25)12-22(10-11-30-5)15(26)13(8-7-9-21-16(19)20)23(24(28)29)17(27)32-18(2,3)4/h13H,6-12H2,1-5H3,(H4,19,20,21)/t13-/m0/s1. The number of guanidine groups is 1. The van der Waals surface area contributed by atoms with Gasteiger partial charge in [0.25, 0.3) is 5.91 Å². The molecular formula is C18H34N6O8. The normalized spacial score (nSPS) is 11.8. The van der Waals surface area contributed by atoms with Crippen molar-refractivity contribution < 1.29 is 33.6 Å². The van der Waals surface area contributed by atoms with Crippen LogP contribution in [0.2, 0.25) is 0 Å². The van der Waals surface area contributed by atoms with Crippen LogP contribution in [0, 0.1) is 10.1 Å². The van der Waals surface area contributed by atoms with E-state index in [0.29, 0.717) is 0 Å². The first kappa shape index (κ1) is 28.8. The van der Waals surface area contributed by atoms with Crippen molar-refractivity contribution in [1.82, 2.24) is 9.91 Å². The molecule has 0 radical (unpaired) electrons. The monoisotopic (exact) mass is 462 g/mol. The number of methoxy groups -OCH3 is 1. The molecular weight excluding hydrogens is 428 g/mol. The fraction of sp³-hybridized carbons (Fsp3) is 0.778. The van der Waals surface area contributed by atoms with E-state index in [2.05, 4.69) is 4.99 Å². The molecule has 14 heteroatoms. The van der Waals surface area contributed by atoms with Crippen molar-refractivity contribution in [2.24, 2.45) is 16.5 Å². The Hall–Kier alpha value is -3.16. The average molecular weight is 463 g/mol. The van der Waals surface area contributed by atoms with Gasteiger partial charge in [-0.15, -0.1) is 0 Å². The molecule has 32 heavy (non-hydrogen) atoms. The van der Waals surface area contributed by atoms with Crippen molar-refractivity contribution in [3.63, 3.8) is 0 Å². The smallest absolute Gasteiger partial charge is 0.465 e. The molecule has 0 aromatic heterocycles. The van der Waals surface area contributed by atoms with E-state index >= 15 is 0 Å². The Bertz CT molecular complexity index is 675. The fourth-order valence-electron chi connectivity index (χ4n) is 2.50. The number of nitrogens with two attached hydrogens (primary N) is 2. The SMILES string of the molecule is CCOC(=O)CN(CCOC)C(=O)[C@H](CCCN=C(N)N)N(C(=O)OC(C)(C)C)[N+](=O)[O-]. The van der Waals surface area contributed by atoms with Gasteiger partial charge in [0.1, 0.15) is 12.1 Å². The third-order valence-corrected chi connectivity index (χ3v) is 3.77. The van der Waals surface area contributed by atoms with Gasteiger partial charge in [0, 0.05) is 20.2 Å². The van der Waals surface area contributed by atoms with Gasteiger partial charge >= 0.3 is 12.1 Å². The van der Waals surface area contributed by atoms with Gasteiger partial charge in [0.05, 0.1) is 13.2 Å². The number of hydrogen-bond acceptors (Lipinski definition) is 9. The number of nitrogens with zero attached hydrogens (tertiary/aromatic N) is 4. The highest BCUT2D eigenvalue weighted by Crippen LogP contribution is 2.17. The van der Waals surface area contributed by atoms with Crippen LogP contribution >= 0.6 is 0 Å². The summed E-state index contributed by atoms with van der Waals surface area (Å²) in [5.74, 6) is -1.74. The molecule has 184 valence electrons. The van der Waals surface area contributed by atoms with Gasteiger partial charge in [-0.1, -0.05) is 0 Å². The van der Waals surface area contributed by atoms with Crippen molar-refractivity contribution in [2.45, 2.75) is 52.2 Å². The first-order chi connectivity index (χ1) is 14.8. The van der Waals surface area contributed by atoms with Crippen LogP contribution < -0.4 is 11.5 Å². The Labute approximate surface area is 186 Å². The molecule has 2 amide bonds. The maximum Gasteiger partial charge on any atom is 0.469 e. The van der Waals surface area contributed by atoms with E-state index in [1.54, 1.807) is 6.92 Å². The molecule has 0 spiro atoms. The van der Waals surface area contributed by atoms with E-state index in [4.69, 9.17) is 25.7 Å². The molecule has 14 nitrogen and oxygen atoms in total. The highest BCUT2D eigenvalue weighted by Gasteiger charge is 2.43. The molecule has 0 unspecified atom stereocenters. The largest absolute Gasteiger partial charge is 0.469 e. The Kier molecular flexibility index (Phi) is 12.6. The van der Waals surface area contributed by atoms with Crippen molar-refractivity contribution in [1.29, 1.82) is 0 Å². The topological polar surface area (TPSA) is 193 Å². The minimum Gasteiger partial charge on any atom is -0.465 e. The van der Waals surface area contributed by atoms with Gasteiger partial charge in [-0.25, -0.2) is 14.9 Å². The molecule has 0 aromatic rings. The molecule has 0 bridgehead atoms. The van der Waals surface area contributed by atoms with Gasteiger partial charge < -0.3 is 30.6 Å². The zero-order valence-corrected chi connectivity index (χ0v) is 19.2. The maximum absolute atomic E-state index is 13.3. The number of nitro groups is 1. The van der Waals surface area contributed by atoms with Crippen LogP contribution in [-0.2, 0) is 23.8 Å². The van der Waals surface area contributed by atoms with Crippen LogP contribution in [0.4, 0.5) is 4.79 Å². The van der Waals surface area contributed by atoms with Crippen LogP contribution in [0.3, 0.4) is 0 Å². The number of aliphatic imine (C=N–C) groups is 1. The van der Waals surface area contributed by atoms with Crippen LogP contribution in [0.1, 0.15) is 40.5 Å². The van der Waals surface area contributed by atoms with Gasteiger partial charge in [-0.2, -0.15) is 0 Å². The lowest BCUT2D eigenvalue weighted by Gasteiger charge is -2.29. The zero-order chi connectivity index (χ0) is 24.9. The second-order valence-electron chi connectivity index (χ2n) is 7.58. The number of ether oxygens (including phenoxy) is 3. The lowest BCUT2D eigenvalue weighted by molar-refractivity contribution is -0.641. The first-order valence-corrected chi connectivity index (χ1v) is 9.99. The quantitative estimate of drug-likeness (QED) is 0.0930. The molecule has 0 aliphatic heterocycles. The van der Waals surface area contributed by atoms with E-state index in [1.165, 1.54) is 27.9 Å². The van der Waals surface area contributed by atoms with Gasteiger partial charge in [0.15, 0.2) is 17.0 Å². The molecule has 0 fully saturated rings. The van der Waals surface area contributed by atoms with Crippen LogP contribution in [0.15, 0.2) is 4.99 Å². The third-order valence-electron chi connectivity index (χ3n) is 3.77. The summed E-state index contributed by atoms with van der Waals surface area (Å²) in [6, 6.07) is -1.58. The molecule has 0 aliphatic rings. The average Bonchev–Trinajstić information content (AvgIpc) is 2.65. The number of amides is 2. The Morgan fingerprint density at radius 1 is 1.22 bits per heavy atom. The van der Waals surface area contributed by atoms with E-state index in [0.717, 1.165) is 4.90 Å². The molecule has 0 aromatic carbocycles. The van der Waals surface area contributed by atoms with E-state index in [9.17, 15) is 24.5 Å². The Balaban J connectivity index is 5.96. The summed E-state index contributed by atoms with van der Waals surface area (Å²) in [5.41, 5.74) is 9.51. The molecule has 0 heterocycles. The minimum absolute atomic E-state index is 0.0523. The molecule has 0 saturated carbocycles. The summed E-state index contributed by atoms with van der Waals surface area (Å²) < 4.78 is 14.9. The summed E-state index contributed by atoms with van der Waals surface area (Å²) in [6.45, 7) is 5.88. The van der Waals surface area contributed by atoms with Crippen LogP contribution in [0.5, 0.6) is 0 Å². The number of hydrazine groups is 1. The highest BCUT2D eigenvalue weighted by molar-refractivity contribution is 5.88. The summed E-state index contributed by atoms with van der Waals surface area (Å²) in [4.78, 5) is 54.3. The second-order valence-corrected chi connectivity index (χ2v) is 7.58. The minimum atomic E-state index is -1.58. The predicted molar refractivity (Wildman–Crippen MR) is 114 cm³/mol. The van der Waals surface area contributed by atoms with Crippen molar-refractivity contribution in [3.8, 4) is 0 Å². The predicted octanol–water partition coefficient (Wildman–Crippen LogP) is -0.124. The zero-order valence-electron chi connectivity index (χ0n) is 19.2. The molecule has 1 atom stereocenters. The summed E-state index contributed by atoms with van der Waals surface area (Å²) in [5, 5.41) is 10.9. The molecule has 4 N–H and O–H groups in total. The Morgan fingerprint density at radius 3 is 2.31 bits per heavy atom. The van der Waals surface area contributed by atoms with E-state index in [-0.39, 0.29) is 50.1 Å². The Morgan fingerprint density at radius 2 is 1.84 bits per heavy atom. The number of esters is 1. The first-order valence-electron chi connectivity index (χ1n) is 9.99. The van der Waals surface area contributed by atoms with Crippen LogP contribution in [0.25, 0.3) is 0 Å². The lowest BCUT2D eigenvalue weighted by Crippen LogP contribution is -2.55.